The van der Waals surface area contributed by atoms with E-state index >= 15 is 0 Å². The zero-order valence-corrected chi connectivity index (χ0v) is 12.2. The van der Waals surface area contributed by atoms with E-state index in [1.807, 2.05) is 32.0 Å². The largest absolute Gasteiger partial charge is 0.488 e. The van der Waals surface area contributed by atoms with Gasteiger partial charge in [0.25, 0.3) is 5.56 Å². The molecule has 3 rings (SSSR count). The van der Waals surface area contributed by atoms with Gasteiger partial charge in [0.2, 0.25) is 0 Å². The van der Waals surface area contributed by atoms with E-state index in [0.717, 1.165) is 12.2 Å². The highest BCUT2D eigenvalue weighted by molar-refractivity contribution is 5.39. The van der Waals surface area contributed by atoms with Crippen LogP contribution >= 0.6 is 0 Å². The molecule has 0 radical (unpaired) electrons. The van der Waals surface area contributed by atoms with Crippen LogP contribution in [0.15, 0.2) is 35.1 Å². The van der Waals surface area contributed by atoms with Crippen LogP contribution in [0.1, 0.15) is 31.2 Å². The number of rotatable bonds is 4. The SMILES string of the molecule is CC(C)c1nc(NCC2Cc3ccccc3O2)cc(=O)[nH]1. The smallest absolute Gasteiger partial charge is 0.252 e. The van der Waals surface area contributed by atoms with Crippen molar-refractivity contribution in [2.45, 2.75) is 32.3 Å². The second-order valence-corrected chi connectivity index (χ2v) is 5.60. The van der Waals surface area contributed by atoms with E-state index in [0.29, 0.717) is 18.2 Å². The molecule has 1 aromatic heterocycles. The molecule has 5 nitrogen and oxygen atoms in total. The van der Waals surface area contributed by atoms with Crippen LogP contribution in [0.5, 0.6) is 5.75 Å². The Bertz CT molecular complexity index is 669. The van der Waals surface area contributed by atoms with Gasteiger partial charge in [0.1, 0.15) is 23.5 Å². The summed E-state index contributed by atoms with van der Waals surface area (Å²) in [4.78, 5) is 18.8. The molecule has 0 amide bonds. The van der Waals surface area contributed by atoms with Gasteiger partial charge in [-0.25, -0.2) is 4.98 Å². The van der Waals surface area contributed by atoms with Gasteiger partial charge in [0.15, 0.2) is 0 Å². The standard InChI is InChI=1S/C16H19N3O2/c1-10(2)16-18-14(8-15(20)19-16)17-9-12-7-11-5-3-4-6-13(11)21-12/h3-6,8,10,12H,7,9H2,1-2H3,(H2,17,18,19,20). The number of aromatic amines is 1. The number of nitrogens with zero attached hydrogens (tertiary/aromatic N) is 1. The minimum atomic E-state index is -0.133. The van der Waals surface area contributed by atoms with Gasteiger partial charge >= 0.3 is 0 Å². The Morgan fingerprint density at radius 1 is 1.43 bits per heavy atom. The molecule has 0 saturated heterocycles. The third kappa shape index (κ3) is 3.07. The van der Waals surface area contributed by atoms with Crippen molar-refractivity contribution >= 4 is 5.82 Å². The van der Waals surface area contributed by atoms with Crippen molar-refractivity contribution in [3.8, 4) is 5.75 Å². The molecule has 1 aliphatic heterocycles. The van der Waals surface area contributed by atoms with Gasteiger partial charge in [-0.2, -0.15) is 0 Å². The first kappa shape index (κ1) is 13.7. The Hall–Kier alpha value is -2.30. The van der Waals surface area contributed by atoms with Gasteiger partial charge in [0.05, 0.1) is 6.54 Å². The van der Waals surface area contributed by atoms with E-state index in [2.05, 4.69) is 21.4 Å². The maximum absolute atomic E-state index is 11.6. The van der Waals surface area contributed by atoms with Crippen molar-refractivity contribution in [1.29, 1.82) is 0 Å². The minimum absolute atomic E-state index is 0.0750. The predicted octanol–water partition coefficient (Wildman–Crippen LogP) is 2.31. The lowest BCUT2D eigenvalue weighted by molar-refractivity contribution is 0.246. The molecule has 1 atom stereocenters. The summed E-state index contributed by atoms with van der Waals surface area (Å²) >= 11 is 0. The number of fused-ring (bicyclic) bond motifs is 1. The quantitative estimate of drug-likeness (QED) is 0.904. The number of H-pyrrole nitrogens is 1. The monoisotopic (exact) mass is 285 g/mol. The summed E-state index contributed by atoms with van der Waals surface area (Å²) in [5, 5.41) is 3.20. The second kappa shape index (κ2) is 5.60. The van der Waals surface area contributed by atoms with Gasteiger partial charge in [-0.3, -0.25) is 4.79 Å². The Morgan fingerprint density at radius 3 is 3.00 bits per heavy atom. The third-order valence-corrected chi connectivity index (χ3v) is 3.53. The van der Waals surface area contributed by atoms with Gasteiger partial charge in [-0.05, 0) is 11.6 Å². The predicted molar refractivity (Wildman–Crippen MR) is 82.0 cm³/mol. The van der Waals surface area contributed by atoms with E-state index in [4.69, 9.17) is 4.74 Å². The Balaban J connectivity index is 1.66. The number of hydrogen-bond acceptors (Lipinski definition) is 4. The average Bonchev–Trinajstić information content (AvgIpc) is 2.87. The zero-order chi connectivity index (χ0) is 14.8. The van der Waals surface area contributed by atoms with Crippen molar-refractivity contribution in [2.75, 3.05) is 11.9 Å². The van der Waals surface area contributed by atoms with Gasteiger partial charge in [-0.15, -0.1) is 0 Å². The maximum atomic E-state index is 11.6. The number of nitrogens with one attached hydrogen (secondary N) is 2. The molecule has 1 aromatic carbocycles. The van der Waals surface area contributed by atoms with Crippen LogP contribution in [-0.4, -0.2) is 22.6 Å². The van der Waals surface area contributed by atoms with Crippen LogP contribution in [0.2, 0.25) is 0 Å². The van der Waals surface area contributed by atoms with Gasteiger partial charge < -0.3 is 15.0 Å². The third-order valence-electron chi connectivity index (χ3n) is 3.53. The topological polar surface area (TPSA) is 67.0 Å². The molecular weight excluding hydrogens is 266 g/mol. The van der Waals surface area contributed by atoms with Crippen molar-refractivity contribution in [2.24, 2.45) is 0 Å². The normalized spacial score (nSPS) is 16.6. The van der Waals surface area contributed by atoms with Crippen molar-refractivity contribution < 1.29 is 4.74 Å². The highest BCUT2D eigenvalue weighted by atomic mass is 16.5. The first-order valence-electron chi connectivity index (χ1n) is 7.21. The number of para-hydroxylation sites is 1. The van der Waals surface area contributed by atoms with Crippen LogP contribution in [0.25, 0.3) is 0 Å². The molecule has 1 aliphatic rings. The number of ether oxygens (including phenoxy) is 1. The van der Waals surface area contributed by atoms with Crippen LogP contribution in [0.3, 0.4) is 0 Å². The van der Waals surface area contributed by atoms with Crippen molar-refractivity contribution in [1.82, 2.24) is 9.97 Å². The summed E-state index contributed by atoms with van der Waals surface area (Å²) in [5.41, 5.74) is 1.10. The molecule has 0 bridgehead atoms. The zero-order valence-electron chi connectivity index (χ0n) is 12.2. The summed E-state index contributed by atoms with van der Waals surface area (Å²) < 4.78 is 5.86. The van der Waals surface area contributed by atoms with E-state index < -0.39 is 0 Å². The number of anilines is 1. The molecule has 0 aliphatic carbocycles. The molecule has 0 spiro atoms. The van der Waals surface area contributed by atoms with E-state index in [-0.39, 0.29) is 17.6 Å². The summed E-state index contributed by atoms with van der Waals surface area (Å²) in [7, 11) is 0. The molecular formula is C16H19N3O2. The molecule has 21 heavy (non-hydrogen) atoms. The minimum Gasteiger partial charge on any atom is -0.488 e. The lowest BCUT2D eigenvalue weighted by atomic mass is 10.1. The van der Waals surface area contributed by atoms with Crippen LogP contribution in [-0.2, 0) is 6.42 Å². The lowest BCUT2D eigenvalue weighted by Gasteiger charge is -2.13. The van der Waals surface area contributed by atoms with Crippen molar-refractivity contribution in [3.05, 3.63) is 52.1 Å². The molecule has 110 valence electrons. The summed E-state index contributed by atoms with van der Waals surface area (Å²) in [6.45, 7) is 4.63. The molecule has 5 heteroatoms. The Kier molecular flexibility index (Phi) is 3.64. The summed E-state index contributed by atoms with van der Waals surface area (Å²) in [6, 6.07) is 9.54. The molecule has 2 aromatic rings. The average molecular weight is 285 g/mol. The number of aromatic nitrogens is 2. The fourth-order valence-corrected chi connectivity index (χ4v) is 2.43. The van der Waals surface area contributed by atoms with E-state index in [1.165, 1.54) is 11.6 Å². The molecule has 1 unspecified atom stereocenters. The number of benzene rings is 1. The Labute approximate surface area is 123 Å². The summed E-state index contributed by atoms with van der Waals surface area (Å²) in [6.07, 6.45) is 0.953. The van der Waals surface area contributed by atoms with E-state index in [1.54, 1.807) is 0 Å². The van der Waals surface area contributed by atoms with Crippen LogP contribution in [0.4, 0.5) is 5.82 Å². The molecule has 2 heterocycles. The fourth-order valence-electron chi connectivity index (χ4n) is 2.43. The highest BCUT2D eigenvalue weighted by Crippen LogP contribution is 2.28. The van der Waals surface area contributed by atoms with Crippen molar-refractivity contribution in [3.63, 3.8) is 0 Å². The van der Waals surface area contributed by atoms with E-state index in [9.17, 15) is 4.79 Å². The second-order valence-electron chi connectivity index (χ2n) is 5.60. The van der Waals surface area contributed by atoms with Gasteiger partial charge in [0, 0.05) is 18.4 Å². The lowest BCUT2D eigenvalue weighted by Crippen LogP contribution is -2.25. The fraction of sp³-hybridized carbons (Fsp3) is 0.375. The first-order chi connectivity index (χ1) is 10.1. The maximum Gasteiger partial charge on any atom is 0.252 e. The Morgan fingerprint density at radius 2 is 2.24 bits per heavy atom. The summed E-state index contributed by atoms with van der Waals surface area (Å²) in [5.74, 6) is 2.43. The van der Waals surface area contributed by atoms with Gasteiger partial charge in [-0.1, -0.05) is 32.0 Å². The first-order valence-corrected chi connectivity index (χ1v) is 7.21. The number of hydrogen-bond donors (Lipinski definition) is 2. The van der Waals surface area contributed by atoms with Crippen LogP contribution < -0.4 is 15.6 Å². The van der Waals surface area contributed by atoms with Crippen LogP contribution in [0, 0.1) is 0 Å². The molecule has 0 saturated carbocycles. The molecule has 2 N–H and O–H groups in total. The molecule has 0 fully saturated rings. The highest BCUT2D eigenvalue weighted by Gasteiger charge is 2.22.